The zero-order valence-electron chi connectivity index (χ0n) is 17.2. The number of likely N-dealkylation sites (tertiary alicyclic amines) is 1. The third-order valence-corrected chi connectivity index (χ3v) is 5.93. The molecule has 1 saturated heterocycles. The largest absolute Gasteiger partial charge is 0.347 e. The van der Waals surface area contributed by atoms with Crippen LogP contribution >= 0.6 is 0 Å². The number of carbonyl (C=O) groups is 1. The average molecular weight is 407 g/mol. The molecule has 1 aliphatic heterocycles. The zero-order valence-corrected chi connectivity index (χ0v) is 17.2. The minimum atomic E-state index is -0.492. The van der Waals surface area contributed by atoms with Crippen molar-refractivity contribution in [2.75, 3.05) is 19.6 Å². The van der Waals surface area contributed by atoms with Crippen molar-refractivity contribution in [1.29, 1.82) is 0 Å². The Morgan fingerprint density at radius 3 is 2.67 bits per heavy atom. The van der Waals surface area contributed by atoms with Crippen LogP contribution < -0.4 is 5.32 Å². The normalized spacial score (nSPS) is 19.5. The van der Waals surface area contributed by atoms with Crippen molar-refractivity contribution >= 4 is 5.91 Å². The quantitative estimate of drug-likeness (QED) is 0.683. The summed E-state index contributed by atoms with van der Waals surface area (Å²) >= 11 is 0. The molecular weight excluding hydrogens is 379 g/mol. The van der Waals surface area contributed by atoms with Gasteiger partial charge >= 0.3 is 0 Å². The van der Waals surface area contributed by atoms with Crippen molar-refractivity contribution in [1.82, 2.24) is 19.8 Å². The number of aryl methyl sites for hydroxylation is 1. The fourth-order valence-electron chi connectivity index (χ4n) is 4.26. The highest BCUT2D eigenvalue weighted by Gasteiger charge is 2.32. The maximum Gasteiger partial charge on any atom is 0.254 e. The highest BCUT2D eigenvalue weighted by Crippen LogP contribution is 2.29. The Balaban J connectivity index is 1.49. The third kappa shape index (κ3) is 4.60. The monoisotopic (exact) mass is 406 g/mol. The van der Waals surface area contributed by atoms with Crippen LogP contribution in [0.25, 0.3) is 0 Å². The SMILES string of the molecule is Cn1ccnc1CCN1CC[C@@H](c2ccccc2)[C@@H](NC(=O)c2ccccc2F)C1. The van der Waals surface area contributed by atoms with Gasteiger partial charge in [0.25, 0.3) is 5.91 Å². The fourth-order valence-corrected chi connectivity index (χ4v) is 4.26. The molecule has 3 aromatic rings. The number of imidazole rings is 1. The lowest BCUT2D eigenvalue weighted by molar-refractivity contribution is 0.0884. The van der Waals surface area contributed by atoms with E-state index in [2.05, 4.69) is 27.3 Å². The second-order valence-corrected chi connectivity index (χ2v) is 7.87. The summed E-state index contributed by atoms with van der Waals surface area (Å²) in [7, 11) is 2.00. The molecule has 0 spiro atoms. The molecule has 1 aliphatic rings. The summed E-state index contributed by atoms with van der Waals surface area (Å²) in [6.07, 6.45) is 5.56. The van der Waals surface area contributed by atoms with Gasteiger partial charge in [-0.2, -0.15) is 0 Å². The van der Waals surface area contributed by atoms with Gasteiger partial charge in [-0.3, -0.25) is 4.79 Å². The second-order valence-electron chi connectivity index (χ2n) is 7.87. The van der Waals surface area contributed by atoms with Crippen molar-refractivity contribution < 1.29 is 9.18 Å². The van der Waals surface area contributed by atoms with Gasteiger partial charge in [-0.1, -0.05) is 42.5 Å². The lowest BCUT2D eigenvalue weighted by Crippen LogP contribution is -2.52. The summed E-state index contributed by atoms with van der Waals surface area (Å²) < 4.78 is 16.2. The Hall–Kier alpha value is -2.99. The molecule has 1 fully saturated rings. The number of halogens is 1. The van der Waals surface area contributed by atoms with Gasteiger partial charge in [0.1, 0.15) is 11.6 Å². The average Bonchev–Trinajstić information content (AvgIpc) is 3.18. The van der Waals surface area contributed by atoms with Crippen LogP contribution in [0.1, 0.15) is 34.1 Å². The number of amides is 1. The molecule has 5 nitrogen and oxygen atoms in total. The van der Waals surface area contributed by atoms with Gasteiger partial charge in [0, 0.05) is 50.9 Å². The maximum absolute atomic E-state index is 14.1. The van der Waals surface area contributed by atoms with E-state index in [9.17, 15) is 9.18 Å². The summed E-state index contributed by atoms with van der Waals surface area (Å²) in [5, 5.41) is 3.12. The molecule has 0 radical (unpaired) electrons. The smallest absolute Gasteiger partial charge is 0.254 e. The summed E-state index contributed by atoms with van der Waals surface area (Å²) in [6, 6.07) is 16.3. The molecule has 0 aliphatic carbocycles. The molecule has 1 amide bonds. The molecule has 1 aromatic heterocycles. The lowest BCUT2D eigenvalue weighted by Gasteiger charge is -2.39. The highest BCUT2D eigenvalue weighted by molar-refractivity contribution is 5.94. The van der Waals surface area contributed by atoms with E-state index in [0.717, 1.165) is 38.3 Å². The van der Waals surface area contributed by atoms with E-state index in [4.69, 9.17) is 0 Å². The second kappa shape index (κ2) is 9.22. The van der Waals surface area contributed by atoms with E-state index in [0.29, 0.717) is 0 Å². The van der Waals surface area contributed by atoms with Crippen LogP contribution in [0.3, 0.4) is 0 Å². The molecule has 2 atom stereocenters. The number of nitrogens with zero attached hydrogens (tertiary/aromatic N) is 3. The van der Waals surface area contributed by atoms with Crippen molar-refractivity contribution in [3.05, 3.63) is 89.8 Å². The molecule has 156 valence electrons. The first kappa shape index (κ1) is 20.3. The molecule has 2 aromatic carbocycles. The molecule has 30 heavy (non-hydrogen) atoms. The van der Waals surface area contributed by atoms with Gasteiger partial charge in [0.2, 0.25) is 0 Å². The molecule has 6 heteroatoms. The minimum absolute atomic E-state index is 0.0883. The van der Waals surface area contributed by atoms with Gasteiger partial charge in [-0.15, -0.1) is 0 Å². The van der Waals surface area contributed by atoms with Crippen molar-refractivity contribution in [2.45, 2.75) is 24.8 Å². The number of rotatable bonds is 6. The van der Waals surface area contributed by atoms with Crippen molar-refractivity contribution in [3.63, 3.8) is 0 Å². The van der Waals surface area contributed by atoms with E-state index in [1.165, 1.54) is 17.7 Å². The summed E-state index contributed by atoms with van der Waals surface area (Å²) in [6.45, 7) is 2.55. The predicted octanol–water partition coefficient (Wildman–Crippen LogP) is 3.39. The Bertz CT molecular complexity index is 988. The number of aromatic nitrogens is 2. The Kier molecular flexibility index (Phi) is 6.23. The van der Waals surface area contributed by atoms with Gasteiger partial charge in [0.15, 0.2) is 0 Å². The molecule has 0 saturated carbocycles. The number of hydrogen-bond acceptors (Lipinski definition) is 3. The molecule has 4 rings (SSSR count). The van der Waals surface area contributed by atoms with Gasteiger partial charge < -0.3 is 14.8 Å². The van der Waals surface area contributed by atoms with Crippen LogP contribution in [0.5, 0.6) is 0 Å². The third-order valence-electron chi connectivity index (χ3n) is 5.93. The van der Waals surface area contributed by atoms with Crippen LogP contribution in [-0.4, -0.2) is 46.0 Å². The van der Waals surface area contributed by atoms with Crippen molar-refractivity contribution in [2.24, 2.45) is 7.05 Å². The van der Waals surface area contributed by atoms with Crippen LogP contribution in [0.2, 0.25) is 0 Å². The topological polar surface area (TPSA) is 50.2 Å². The zero-order chi connectivity index (χ0) is 20.9. The fraction of sp³-hybridized carbons (Fsp3) is 0.333. The number of piperidine rings is 1. The summed E-state index contributed by atoms with van der Waals surface area (Å²) in [4.78, 5) is 19.6. The van der Waals surface area contributed by atoms with E-state index in [1.54, 1.807) is 12.1 Å². The van der Waals surface area contributed by atoms with Crippen LogP contribution in [-0.2, 0) is 13.5 Å². The predicted molar refractivity (Wildman–Crippen MR) is 115 cm³/mol. The molecule has 0 bridgehead atoms. The first-order valence-electron chi connectivity index (χ1n) is 10.4. The van der Waals surface area contributed by atoms with E-state index in [-0.39, 0.29) is 23.4 Å². The number of nitrogens with one attached hydrogen (secondary N) is 1. The van der Waals surface area contributed by atoms with Crippen LogP contribution in [0, 0.1) is 5.82 Å². The number of carbonyl (C=O) groups excluding carboxylic acids is 1. The first-order valence-corrected chi connectivity index (χ1v) is 10.4. The highest BCUT2D eigenvalue weighted by atomic mass is 19.1. The molecule has 0 unspecified atom stereocenters. The summed E-state index contributed by atoms with van der Waals surface area (Å²) in [5.74, 6) is 0.400. The molecular formula is C24H27FN4O. The van der Waals surface area contributed by atoms with E-state index in [1.807, 2.05) is 42.2 Å². The van der Waals surface area contributed by atoms with Crippen LogP contribution in [0.15, 0.2) is 67.0 Å². The van der Waals surface area contributed by atoms with Gasteiger partial charge in [-0.25, -0.2) is 9.37 Å². The van der Waals surface area contributed by atoms with E-state index >= 15 is 0 Å². The first-order chi connectivity index (χ1) is 14.6. The minimum Gasteiger partial charge on any atom is -0.347 e. The summed E-state index contributed by atoms with van der Waals surface area (Å²) in [5.41, 5.74) is 1.30. The molecule has 2 heterocycles. The van der Waals surface area contributed by atoms with Crippen LogP contribution in [0.4, 0.5) is 4.39 Å². The number of hydrogen-bond donors (Lipinski definition) is 1. The Morgan fingerprint density at radius 1 is 1.17 bits per heavy atom. The van der Waals surface area contributed by atoms with Gasteiger partial charge in [0.05, 0.1) is 5.56 Å². The Morgan fingerprint density at radius 2 is 1.93 bits per heavy atom. The molecule has 1 N–H and O–H groups in total. The standard InChI is InChI=1S/C24H27FN4O/c1-28-16-13-26-23(28)12-15-29-14-11-19(18-7-3-2-4-8-18)22(17-29)27-24(30)20-9-5-6-10-21(20)25/h2-10,13,16,19,22H,11-12,14-15,17H2,1H3,(H,27,30)/t19-,22-/m0/s1. The van der Waals surface area contributed by atoms with Crippen molar-refractivity contribution in [3.8, 4) is 0 Å². The van der Waals surface area contributed by atoms with Gasteiger partial charge in [-0.05, 0) is 30.7 Å². The number of benzene rings is 2. The van der Waals surface area contributed by atoms with E-state index < -0.39 is 5.82 Å². The lowest BCUT2D eigenvalue weighted by atomic mass is 9.85. The Labute approximate surface area is 176 Å². The maximum atomic E-state index is 14.1.